The Morgan fingerprint density at radius 2 is 1.42 bits per heavy atom. The third kappa shape index (κ3) is 4.73. The maximum Gasteiger partial charge on any atom is 0.416 e. The summed E-state index contributed by atoms with van der Waals surface area (Å²) in [5, 5.41) is 0. The van der Waals surface area contributed by atoms with Gasteiger partial charge in [-0.2, -0.15) is 39.5 Å². The smallest absolute Gasteiger partial charge is 0.416 e. The zero-order chi connectivity index (χ0) is 27.6. The second kappa shape index (κ2) is 8.94. The van der Waals surface area contributed by atoms with Crippen LogP contribution in [0.15, 0.2) is 42.5 Å². The molecular weight excluding hydrogens is 529 g/mol. The topological polar surface area (TPSA) is 29.5 Å². The van der Waals surface area contributed by atoms with Crippen molar-refractivity contribution in [3.05, 3.63) is 75.9 Å². The summed E-state index contributed by atoms with van der Waals surface area (Å²) < 4.78 is 126. The summed E-state index contributed by atoms with van der Waals surface area (Å²) in [5.41, 5.74) is -2.89. The van der Waals surface area contributed by atoms with Gasteiger partial charge in [0.2, 0.25) is 0 Å². The fourth-order valence-electron chi connectivity index (χ4n) is 5.61. The van der Waals surface area contributed by atoms with Gasteiger partial charge in [0.25, 0.3) is 0 Å². The number of alkyl halides is 9. The first-order valence-corrected chi connectivity index (χ1v) is 11.8. The number of fused-ring (bicyclic) bond motifs is 1. The van der Waals surface area contributed by atoms with Crippen molar-refractivity contribution in [2.45, 2.75) is 68.8 Å². The zero-order valence-corrected chi connectivity index (χ0v) is 19.5. The third-order valence-electron chi connectivity index (χ3n) is 7.28. The largest absolute Gasteiger partial charge is 0.439 e. The van der Waals surface area contributed by atoms with E-state index in [1.165, 1.54) is 6.07 Å². The van der Waals surface area contributed by atoms with Crippen LogP contribution in [-0.2, 0) is 23.3 Å². The lowest BCUT2D eigenvalue weighted by Crippen LogP contribution is -2.31. The Balaban J connectivity index is 1.55. The van der Waals surface area contributed by atoms with Crippen LogP contribution in [0.3, 0.4) is 0 Å². The first-order valence-electron chi connectivity index (χ1n) is 11.8. The van der Waals surface area contributed by atoms with Crippen LogP contribution in [0.2, 0.25) is 0 Å². The van der Waals surface area contributed by atoms with Crippen LogP contribution in [0, 0.1) is 0 Å². The maximum absolute atomic E-state index is 13.6. The predicted octanol–water partition coefficient (Wildman–Crippen LogP) is 8.71. The van der Waals surface area contributed by atoms with Crippen molar-refractivity contribution in [3.8, 4) is 0 Å². The van der Waals surface area contributed by atoms with Gasteiger partial charge in [-0.15, -0.1) is 0 Å². The normalized spacial score (nSPS) is 24.0. The van der Waals surface area contributed by atoms with Gasteiger partial charge in [-0.1, -0.05) is 12.1 Å². The minimum Gasteiger partial charge on any atom is -0.439 e. The molecule has 2 heterocycles. The minimum atomic E-state index is -5.08. The number of nitrogens with zero attached hydrogens (tertiary/aromatic N) is 1. The van der Waals surface area contributed by atoms with Gasteiger partial charge in [0.15, 0.2) is 0 Å². The summed E-state index contributed by atoms with van der Waals surface area (Å²) in [5.74, 6) is 0. The Labute approximate surface area is 210 Å². The van der Waals surface area contributed by atoms with E-state index in [0.717, 1.165) is 35.4 Å². The summed E-state index contributed by atoms with van der Waals surface area (Å²) in [6.45, 7) is 0. The molecule has 2 fully saturated rings. The van der Waals surface area contributed by atoms with Crippen molar-refractivity contribution in [1.29, 1.82) is 0 Å². The Morgan fingerprint density at radius 1 is 0.789 bits per heavy atom. The van der Waals surface area contributed by atoms with Gasteiger partial charge in [-0.25, -0.2) is 4.79 Å². The van der Waals surface area contributed by atoms with Gasteiger partial charge in [-0.3, -0.25) is 4.90 Å². The highest BCUT2D eigenvalue weighted by Crippen LogP contribution is 2.51. The molecule has 0 bridgehead atoms. The molecule has 3 aliphatic rings. The summed E-state index contributed by atoms with van der Waals surface area (Å²) >= 11 is 0. The van der Waals surface area contributed by atoms with Crippen LogP contribution in [0.1, 0.15) is 77.6 Å². The second-order valence-corrected chi connectivity index (χ2v) is 9.63. The van der Waals surface area contributed by atoms with Crippen LogP contribution in [-0.4, -0.2) is 17.0 Å². The van der Waals surface area contributed by atoms with Crippen molar-refractivity contribution in [3.63, 3.8) is 0 Å². The van der Waals surface area contributed by atoms with Gasteiger partial charge in [0, 0.05) is 0 Å². The predicted molar refractivity (Wildman–Crippen MR) is 117 cm³/mol. The number of cyclic esters (lactones) is 1. The Hall–Kier alpha value is -3.18. The summed E-state index contributed by atoms with van der Waals surface area (Å²) in [4.78, 5) is 14.1. The van der Waals surface area contributed by atoms with Crippen LogP contribution in [0.5, 0.6) is 0 Å². The standard InChI is InChI=1S/C26H20F9NO2/c27-24(28,29)15-5-6-18(13-3-1-2-4-13)19(12-15)20-7-8-21-22(38-23(37)36(20)21)14-9-16(25(30,31)32)11-17(10-14)26(33,34)35/h3,5-6,9-12,20-22H,1-2,4,7-8H2/t20-,21-,22+/m0/s1. The quantitative estimate of drug-likeness (QED) is 0.359. The lowest BCUT2D eigenvalue weighted by molar-refractivity contribution is -0.143. The van der Waals surface area contributed by atoms with Gasteiger partial charge in [0.05, 0.1) is 28.8 Å². The molecule has 2 saturated heterocycles. The monoisotopic (exact) mass is 549 g/mol. The molecule has 0 spiro atoms. The molecular formula is C26H20F9NO2. The third-order valence-corrected chi connectivity index (χ3v) is 7.28. The zero-order valence-electron chi connectivity index (χ0n) is 19.5. The van der Waals surface area contributed by atoms with Crippen LogP contribution in [0.25, 0.3) is 5.57 Å². The first-order chi connectivity index (χ1) is 17.6. The van der Waals surface area contributed by atoms with Crippen molar-refractivity contribution in [2.24, 2.45) is 0 Å². The molecule has 38 heavy (non-hydrogen) atoms. The number of hydrogen-bond acceptors (Lipinski definition) is 2. The number of hydrogen-bond donors (Lipinski definition) is 0. The van der Waals surface area contributed by atoms with E-state index in [0.29, 0.717) is 24.1 Å². The number of allylic oxidation sites excluding steroid dienone is 2. The number of rotatable bonds is 3. The molecule has 5 rings (SSSR count). The Kier molecular flexibility index (Phi) is 6.22. The number of carbonyl (C=O) groups is 1. The molecule has 1 amide bonds. The first kappa shape index (κ1) is 26.4. The molecule has 12 heteroatoms. The van der Waals surface area contributed by atoms with Crippen molar-refractivity contribution < 1.29 is 49.0 Å². The summed E-state index contributed by atoms with van der Waals surface area (Å²) in [6, 6.07) is 2.46. The molecule has 0 saturated carbocycles. The van der Waals surface area contributed by atoms with Gasteiger partial charge < -0.3 is 4.74 Å². The van der Waals surface area contributed by atoms with Crippen molar-refractivity contribution >= 4 is 11.7 Å². The number of benzene rings is 2. The average Bonchev–Trinajstić information content (AvgIpc) is 3.56. The number of halogens is 9. The SMILES string of the molecule is O=C1O[C@H](c2cc(C(F)(F)F)cc(C(F)(F)F)c2)[C@@H]2CC[C@@H](c3cc(C(F)(F)F)ccc3C3=CCCC3)N12. The fraction of sp³-hybridized carbons (Fsp3) is 0.423. The number of carbonyl (C=O) groups excluding carboxylic acids is 1. The Morgan fingerprint density at radius 3 is 1.97 bits per heavy atom. The molecule has 2 aliphatic heterocycles. The lowest BCUT2D eigenvalue weighted by Gasteiger charge is -2.26. The van der Waals surface area contributed by atoms with Crippen molar-refractivity contribution in [2.75, 3.05) is 0 Å². The van der Waals surface area contributed by atoms with Crippen LogP contribution >= 0.6 is 0 Å². The highest BCUT2D eigenvalue weighted by molar-refractivity contribution is 5.75. The van der Waals surface area contributed by atoms with E-state index in [4.69, 9.17) is 4.74 Å². The van der Waals surface area contributed by atoms with Crippen LogP contribution < -0.4 is 0 Å². The molecule has 0 radical (unpaired) electrons. The highest BCUT2D eigenvalue weighted by Gasteiger charge is 2.52. The molecule has 2 aromatic carbocycles. The molecule has 0 unspecified atom stereocenters. The number of amides is 1. The van der Waals surface area contributed by atoms with Crippen LogP contribution in [0.4, 0.5) is 44.3 Å². The van der Waals surface area contributed by atoms with Gasteiger partial charge in [0.1, 0.15) is 6.10 Å². The second-order valence-electron chi connectivity index (χ2n) is 9.63. The molecule has 1 aliphatic carbocycles. The highest BCUT2D eigenvalue weighted by atomic mass is 19.4. The summed E-state index contributed by atoms with van der Waals surface area (Å²) in [7, 11) is 0. The molecule has 3 nitrogen and oxygen atoms in total. The summed E-state index contributed by atoms with van der Waals surface area (Å²) in [6.07, 6.45) is -12.9. The molecule has 204 valence electrons. The van der Waals surface area contributed by atoms with E-state index >= 15 is 0 Å². The lowest BCUT2D eigenvalue weighted by atomic mass is 9.91. The van der Waals surface area contributed by atoms with E-state index < -0.39 is 65.1 Å². The minimum absolute atomic E-state index is 0.0142. The van der Waals surface area contributed by atoms with E-state index in [1.807, 2.05) is 6.08 Å². The molecule has 2 aromatic rings. The van der Waals surface area contributed by atoms with E-state index in [-0.39, 0.29) is 24.5 Å². The molecule has 0 N–H and O–H groups in total. The van der Waals surface area contributed by atoms with Crippen molar-refractivity contribution in [1.82, 2.24) is 4.90 Å². The maximum atomic E-state index is 13.6. The van der Waals surface area contributed by atoms with Gasteiger partial charge >= 0.3 is 24.6 Å². The number of ether oxygens (including phenoxy) is 1. The average molecular weight is 549 g/mol. The Bertz CT molecular complexity index is 1260. The van der Waals surface area contributed by atoms with Gasteiger partial charge in [-0.05, 0) is 84.7 Å². The van der Waals surface area contributed by atoms with E-state index in [9.17, 15) is 44.3 Å². The fourth-order valence-corrected chi connectivity index (χ4v) is 5.61. The molecule has 0 aromatic heterocycles. The molecule has 3 atom stereocenters. The van der Waals surface area contributed by atoms with E-state index in [1.54, 1.807) is 0 Å². The van der Waals surface area contributed by atoms with E-state index in [2.05, 4.69) is 0 Å².